The van der Waals surface area contributed by atoms with Crippen LogP contribution in [-0.4, -0.2) is 11.1 Å². The van der Waals surface area contributed by atoms with Crippen LogP contribution in [0.1, 0.15) is 75.3 Å². The van der Waals surface area contributed by atoms with E-state index < -0.39 is 5.97 Å². The van der Waals surface area contributed by atoms with E-state index in [2.05, 4.69) is 43.3 Å². The highest BCUT2D eigenvalue weighted by atomic mass is 16.4. The van der Waals surface area contributed by atoms with E-state index in [9.17, 15) is 4.79 Å². The molecule has 0 aliphatic heterocycles. The molecule has 0 atom stereocenters. The largest absolute Gasteiger partial charge is 0.478 e. The Kier molecular flexibility index (Phi) is 7.47. The number of hydrogen-bond donors (Lipinski definition) is 1. The fourth-order valence-corrected chi connectivity index (χ4v) is 4.37. The van der Waals surface area contributed by atoms with E-state index in [0.29, 0.717) is 0 Å². The normalized spacial score (nSPS) is 19.8. The number of hydrogen-bond acceptors (Lipinski definition) is 1. The second-order valence-corrected chi connectivity index (χ2v) is 8.13. The van der Waals surface area contributed by atoms with Crippen molar-refractivity contribution in [2.45, 2.75) is 64.2 Å². The van der Waals surface area contributed by atoms with Gasteiger partial charge in [0.25, 0.3) is 0 Å². The summed E-state index contributed by atoms with van der Waals surface area (Å²) in [7, 11) is 0. The van der Waals surface area contributed by atoms with Crippen LogP contribution in [0.25, 0.3) is 17.2 Å². The minimum absolute atomic E-state index is 0.722. The Balaban J connectivity index is 1.56. The summed E-state index contributed by atoms with van der Waals surface area (Å²) in [6.45, 7) is 2.28. The van der Waals surface area contributed by atoms with Gasteiger partial charge in [-0.2, -0.15) is 0 Å². The first-order chi connectivity index (χ1) is 13.7. The second-order valence-electron chi connectivity index (χ2n) is 8.13. The van der Waals surface area contributed by atoms with Crippen molar-refractivity contribution in [2.24, 2.45) is 5.92 Å². The van der Waals surface area contributed by atoms with Gasteiger partial charge in [0.15, 0.2) is 0 Å². The van der Waals surface area contributed by atoms with E-state index in [4.69, 9.17) is 5.11 Å². The van der Waals surface area contributed by atoms with Crippen molar-refractivity contribution < 1.29 is 9.90 Å². The van der Waals surface area contributed by atoms with E-state index in [1.807, 2.05) is 12.1 Å². The molecule has 0 aromatic heterocycles. The van der Waals surface area contributed by atoms with Gasteiger partial charge in [-0.25, -0.2) is 4.79 Å². The molecule has 1 aliphatic rings. The predicted octanol–water partition coefficient (Wildman–Crippen LogP) is 7.31. The smallest absolute Gasteiger partial charge is 0.328 e. The van der Waals surface area contributed by atoms with Crippen molar-refractivity contribution in [1.82, 2.24) is 0 Å². The molecule has 1 aliphatic carbocycles. The van der Waals surface area contributed by atoms with Gasteiger partial charge in [-0.05, 0) is 65.8 Å². The molecule has 2 aromatic rings. The van der Waals surface area contributed by atoms with Gasteiger partial charge in [0.1, 0.15) is 0 Å². The maximum absolute atomic E-state index is 10.6. The molecule has 0 heterocycles. The van der Waals surface area contributed by atoms with Crippen LogP contribution in [0.2, 0.25) is 0 Å². The lowest BCUT2D eigenvalue weighted by Gasteiger charge is -2.29. The molecule has 0 bridgehead atoms. The third-order valence-corrected chi connectivity index (χ3v) is 6.11. The maximum Gasteiger partial charge on any atom is 0.328 e. The van der Waals surface area contributed by atoms with Crippen molar-refractivity contribution >= 4 is 12.0 Å². The zero-order chi connectivity index (χ0) is 19.8. The molecule has 148 valence electrons. The quantitative estimate of drug-likeness (QED) is 0.387. The molecule has 0 saturated heterocycles. The Labute approximate surface area is 169 Å². The molecule has 0 spiro atoms. The van der Waals surface area contributed by atoms with E-state index >= 15 is 0 Å². The van der Waals surface area contributed by atoms with Crippen LogP contribution in [0, 0.1) is 5.92 Å². The highest BCUT2D eigenvalue weighted by Crippen LogP contribution is 2.38. The van der Waals surface area contributed by atoms with Crippen LogP contribution >= 0.6 is 0 Å². The van der Waals surface area contributed by atoms with Gasteiger partial charge in [0.05, 0.1) is 0 Å². The van der Waals surface area contributed by atoms with Crippen LogP contribution in [0.4, 0.5) is 0 Å². The fraction of sp³-hybridized carbons (Fsp3) is 0.423. The topological polar surface area (TPSA) is 37.3 Å². The SMILES string of the molecule is CCCCCC1CCC(c2ccc(-c3ccc(/C=C/C(=O)O)cc3)cc2)CC1. The van der Waals surface area contributed by atoms with Gasteiger partial charge in [-0.3, -0.25) is 0 Å². The molecular weight excluding hydrogens is 344 g/mol. The number of unbranched alkanes of at least 4 members (excludes halogenated alkanes) is 2. The van der Waals surface area contributed by atoms with Gasteiger partial charge >= 0.3 is 5.97 Å². The molecule has 1 N–H and O–H groups in total. The zero-order valence-electron chi connectivity index (χ0n) is 16.9. The molecule has 0 radical (unpaired) electrons. The van der Waals surface area contributed by atoms with Crippen molar-refractivity contribution in [2.75, 3.05) is 0 Å². The Bertz CT molecular complexity index is 763. The summed E-state index contributed by atoms with van der Waals surface area (Å²) < 4.78 is 0. The lowest BCUT2D eigenvalue weighted by atomic mass is 9.77. The molecule has 1 saturated carbocycles. The standard InChI is InChI=1S/C26H32O2/c1-2-3-4-5-20-6-11-22(12-7-20)24-15-17-25(18-16-24)23-13-8-21(9-14-23)10-19-26(27)28/h8-10,13-20,22H,2-7,11-12H2,1H3,(H,27,28)/b19-10+. The Hall–Kier alpha value is -2.35. The van der Waals surface area contributed by atoms with Gasteiger partial charge < -0.3 is 5.11 Å². The Morgan fingerprint density at radius 1 is 0.929 bits per heavy atom. The van der Waals surface area contributed by atoms with Crippen molar-refractivity contribution in [3.8, 4) is 11.1 Å². The lowest BCUT2D eigenvalue weighted by molar-refractivity contribution is -0.131. The summed E-state index contributed by atoms with van der Waals surface area (Å²) in [5.41, 5.74) is 4.76. The van der Waals surface area contributed by atoms with Crippen LogP contribution < -0.4 is 0 Å². The highest BCUT2D eigenvalue weighted by Gasteiger charge is 2.21. The molecule has 3 rings (SSSR count). The first-order valence-corrected chi connectivity index (χ1v) is 10.8. The zero-order valence-corrected chi connectivity index (χ0v) is 16.9. The number of carbonyl (C=O) groups is 1. The second kappa shape index (κ2) is 10.3. The van der Waals surface area contributed by atoms with Crippen LogP contribution in [0.5, 0.6) is 0 Å². The molecular formula is C26H32O2. The van der Waals surface area contributed by atoms with E-state index in [1.165, 1.54) is 74.1 Å². The van der Waals surface area contributed by atoms with Crippen LogP contribution in [0.15, 0.2) is 54.6 Å². The van der Waals surface area contributed by atoms with Gasteiger partial charge in [0.2, 0.25) is 0 Å². The molecule has 0 amide bonds. The number of aliphatic carboxylic acids is 1. The first kappa shape index (κ1) is 20.4. The number of benzene rings is 2. The fourth-order valence-electron chi connectivity index (χ4n) is 4.37. The molecule has 2 nitrogen and oxygen atoms in total. The van der Waals surface area contributed by atoms with Crippen molar-refractivity contribution in [1.29, 1.82) is 0 Å². The summed E-state index contributed by atoms with van der Waals surface area (Å²) in [6.07, 6.45) is 13.8. The minimum Gasteiger partial charge on any atom is -0.478 e. The third kappa shape index (κ3) is 5.82. The first-order valence-electron chi connectivity index (χ1n) is 10.8. The summed E-state index contributed by atoms with van der Waals surface area (Å²) in [5.74, 6) is 0.755. The lowest BCUT2D eigenvalue weighted by Crippen LogP contribution is -2.13. The summed E-state index contributed by atoms with van der Waals surface area (Å²) in [5, 5.41) is 8.72. The summed E-state index contributed by atoms with van der Waals surface area (Å²) in [4.78, 5) is 10.6. The van der Waals surface area contributed by atoms with E-state index in [-0.39, 0.29) is 0 Å². The average molecular weight is 377 g/mol. The molecule has 28 heavy (non-hydrogen) atoms. The molecule has 1 fully saturated rings. The van der Waals surface area contributed by atoms with Gasteiger partial charge in [0, 0.05) is 6.08 Å². The highest BCUT2D eigenvalue weighted by molar-refractivity contribution is 5.85. The van der Waals surface area contributed by atoms with Gasteiger partial charge in [-0.1, -0.05) is 81.1 Å². The molecule has 2 aromatic carbocycles. The number of carboxylic acids is 1. The van der Waals surface area contributed by atoms with Crippen molar-refractivity contribution in [3.05, 3.63) is 65.7 Å². The summed E-state index contributed by atoms with van der Waals surface area (Å²) >= 11 is 0. The van der Waals surface area contributed by atoms with E-state index in [1.54, 1.807) is 6.08 Å². The van der Waals surface area contributed by atoms with Crippen LogP contribution in [0.3, 0.4) is 0 Å². The van der Waals surface area contributed by atoms with E-state index in [0.717, 1.165) is 17.4 Å². The van der Waals surface area contributed by atoms with Crippen LogP contribution in [-0.2, 0) is 4.79 Å². The Morgan fingerprint density at radius 2 is 1.54 bits per heavy atom. The Morgan fingerprint density at radius 3 is 2.11 bits per heavy atom. The number of carboxylic acid groups (broad SMARTS) is 1. The third-order valence-electron chi connectivity index (χ3n) is 6.11. The minimum atomic E-state index is -0.922. The number of rotatable bonds is 8. The predicted molar refractivity (Wildman–Crippen MR) is 117 cm³/mol. The maximum atomic E-state index is 10.6. The average Bonchev–Trinajstić information content (AvgIpc) is 2.73. The molecule has 2 heteroatoms. The van der Waals surface area contributed by atoms with Crippen molar-refractivity contribution in [3.63, 3.8) is 0 Å². The monoisotopic (exact) mass is 376 g/mol. The molecule has 0 unspecified atom stereocenters. The summed E-state index contributed by atoms with van der Waals surface area (Å²) in [6, 6.07) is 17.1. The van der Waals surface area contributed by atoms with Gasteiger partial charge in [-0.15, -0.1) is 0 Å².